The molecule has 0 fully saturated rings. The van der Waals surface area contributed by atoms with Gasteiger partial charge in [0.2, 0.25) is 0 Å². The van der Waals surface area contributed by atoms with Gasteiger partial charge in [0, 0.05) is 19.2 Å². The number of aromatic nitrogens is 2. The molecule has 12 heavy (non-hydrogen) atoms. The molecule has 3 heteroatoms. The molecule has 0 saturated heterocycles. The van der Waals surface area contributed by atoms with E-state index >= 15 is 0 Å². The number of ketones is 1. The van der Waals surface area contributed by atoms with Gasteiger partial charge in [-0.1, -0.05) is 6.92 Å². The monoisotopic (exact) mass is 164 g/mol. The number of nitrogens with zero attached hydrogens (tertiary/aromatic N) is 2. The molecule has 0 amide bonds. The van der Waals surface area contributed by atoms with Crippen LogP contribution >= 0.6 is 0 Å². The molecule has 0 bridgehead atoms. The highest BCUT2D eigenvalue weighted by Gasteiger charge is 2.26. The maximum atomic E-state index is 11.4. The van der Waals surface area contributed by atoms with E-state index in [9.17, 15) is 4.79 Å². The summed E-state index contributed by atoms with van der Waals surface area (Å²) in [5, 5.41) is 4.30. The Kier molecular flexibility index (Phi) is 1.53. The van der Waals surface area contributed by atoms with Crippen molar-refractivity contribution in [1.82, 2.24) is 9.78 Å². The standard InChI is InChI=1S/C9H12N2O/c1-3-6-9-7(11(2)10-6)4-5-8(9)12/h3-5H2,1-2H3. The second-order valence-corrected chi connectivity index (χ2v) is 3.17. The molecule has 1 aromatic rings. The van der Waals surface area contributed by atoms with E-state index in [0.29, 0.717) is 6.42 Å². The van der Waals surface area contributed by atoms with Gasteiger partial charge in [0.1, 0.15) is 0 Å². The van der Waals surface area contributed by atoms with Crippen LogP contribution in [0.15, 0.2) is 0 Å². The first kappa shape index (κ1) is 7.53. The van der Waals surface area contributed by atoms with Gasteiger partial charge in [0.15, 0.2) is 5.78 Å². The molecule has 0 aromatic carbocycles. The summed E-state index contributed by atoms with van der Waals surface area (Å²) in [6.07, 6.45) is 2.40. The number of fused-ring (bicyclic) bond motifs is 1. The number of hydrogen-bond donors (Lipinski definition) is 0. The smallest absolute Gasteiger partial charge is 0.166 e. The third-order valence-corrected chi connectivity index (χ3v) is 2.44. The van der Waals surface area contributed by atoms with Gasteiger partial charge in [0.25, 0.3) is 0 Å². The van der Waals surface area contributed by atoms with Gasteiger partial charge in [-0.2, -0.15) is 5.10 Å². The zero-order valence-electron chi connectivity index (χ0n) is 7.42. The SMILES string of the molecule is CCc1nn(C)c2c1C(=O)CC2. The third kappa shape index (κ3) is 0.823. The lowest BCUT2D eigenvalue weighted by atomic mass is 10.1. The first-order chi connectivity index (χ1) is 5.74. The van der Waals surface area contributed by atoms with Crippen LogP contribution < -0.4 is 0 Å². The van der Waals surface area contributed by atoms with Gasteiger partial charge >= 0.3 is 0 Å². The summed E-state index contributed by atoms with van der Waals surface area (Å²) in [6, 6.07) is 0. The Hall–Kier alpha value is -1.12. The molecule has 0 radical (unpaired) electrons. The molecule has 64 valence electrons. The predicted molar refractivity (Wildman–Crippen MR) is 45.2 cm³/mol. The lowest BCUT2D eigenvalue weighted by molar-refractivity contribution is 0.0993. The molecule has 0 spiro atoms. The molecular formula is C9H12N2O. The maximum absolute atomic E-state index is 11.4. The van der Waals surface area contributed by atoms with E-state index in [1.165, 1.54) is 0 Å². The highest BCUT2D eigenvalue weighted by Crippen LogP contribution is 2.24. The average Bonchev–Trinajstić information content (AvgIpc) is 2.56. The van der Waals surface area contributed by atoms with Crippen LogP contribution in [0.25, 0.3) is 0 Å². The lowest BCUT2D eigenvalue weighted by Crippen LogP contribution is -1.97. The molecule has 0 aliphatic heterocycles. The van der Waals surface area contributed by atoms with Crippen molar-refractivity contribution in [2.24, 2.45) is 7.05 Å². The first-order valence-electron chi connectivity index (χ1n) is 4.32. The summed E-state index contributed by atoms with van der Waals surface area (Å²) in [5.74, 6) is 0.273. The van der Waals surface area contributed by atoms with Crippen LogP contribution in [-0.4, -0.2) is 15.6 Å². The van der Waals surface area contributed by atoms with Crippen LogP contribution in [0.5, 0.6) is 0 Å². The van der Waals surface area contributed by atoms with Gasteiger partial charge in [-0.3, -0.25) is 9.48 Å². The number of aryl methyl sites for hydroxylation is 2. The molecule has 0 N–H and O–H groups in total. The van der Waals surface area contributed by atoms with Crippen molar-refractivity contribution in [3.63, 3.8) is 0 Å². The highest BCUT2D eigenvalue weighted by molar-refractivity contribution is 6.01. The number of carbonyl (C=O) groups is 1. The van der Waals surface area contributed by atoms with Crippen molar-refractivity contribution < 1.29 is 4.79 Å². The Balaban J connectivity index is 2.61. The van der Waals surface area contributed by atoms with Gasteiger partial charge in [-0.25, -0.2) is 0 Å². The Morgan fingerprint density at radius 3 is 2.92 bits per heavy atom. The van der Waals surface area contributed by atoms with E-state index in [2.05, 4.69) is 5.10 Å². The molecule has 2 rings (SSSR count). The van der Waals surface area contributed by atoms with Crippen LogP contribution in [0.4, 0.5) is 0 Å². The second kappa shape index (κ2) is 2.44. The van der Waals surface area contributed by atoms with Crippen molar-refractivity contribution in [1.29, 1.82) is 0 Å². The molecular weight excluding hydrogens is 152 g/mol. The van der Waals surface area contributed by atoms with E-state index in [1.54, 1.807) is 0 Å². The Labute approximate surface area is 71.4 Å². The van der Waals surface area contributed by atoms with Crippen molar-refractivity contribution in [3.8, 4) is 0 Å². The minimum absolute atomic E-state index is 0.273. The van der Waals surface area contributed by atoms with Gasteiger partial charge in [-0.05, 0) is 12.8 Å². The highest BCUT2D eigenvalue weighted by atomic mass is 16.1. The average molecular weight is 164 g/mol. The molecule has 1 aromatic heterocycles. The number of hydrogen-bond acceptors (Lipinski definition) is 2. The zero-order chi connectivity index (χ0) is 8.72. The molecule has 0 saturated carbocycles. The van der Waals surface area contributed by atoms with Crippen LogP contribution in [0, 0.1) is 0 Å². The number of rotatable bonds is 1. The van der Waals surface area contributed by atoms with Crippen LogP contribution in [0.1, 0.15) is 35.1 Å². The fraction of sp³-hybridized carbons (Fsp3) is 0.556. The van der Waals surface area contributed by atoms with Crippen LogP contribution in [0.2, 0.25) is 0 Å². The van der Waals surface area contributed by atoms with Crippen molar-refractivity contribution >= 4 is 5.78 Å². The summed E-state index contributed by atoms with van der Waals surface area (Å²) in [4.78, 5) is 11.4. The first-order valence-corrected chi connectivity index (χ1v) is 4.32. The van der Waals surface area contributed by atoms with E-state index in [-0.39, 0.29) is 5.78 Å². The third-order valence-electron chi connectivity index (χ3n) is 2.44. The topological polar surface area (TPSA) is 34.9 Å². The Morgan fingerprint density at radius 2 is 2.25 bits per heavy atom. The molecule has 0 unspecified atom stereocenters. The van der Waals surface area contributed by atoms with Gasteiger partial charge in [-0.15, -0.1) is 0 Å². The predicted octanol–water partition coefficient (Wildman–Crippen LogP) is 1.11. The molecule has 3 nitrogen and oxygen atoms in total. The largest absolute Gasteiger partial charge is 0.294 e. The van der Waals surface area contributed by atoms with Gasteiger partial charge in [0.05, 0.1) is 11.3 Å². The number of Topliss-reactive ketones (excluding diaryl/α,β-unsaturated/α-hetero) is 1. The van der Waals surface area contributed by atoms with E-state index in [4.69, 9.17) is 0 Å². The molecule has 1 aliphatic carbocycles. The molecule has 1 aliphatic rings. The summed E-state index contributed by atoms with van der Waals surface area (Å²) in [7, 11) is 1.91. The van der Waals surface area contributed by atoms with Crippen molar-refractivity contribution in [3.05, 3.63) is 17.0 Å². The van der Waals surface area contributed by atoms with Crippen LogP contribution in [-0.2, 0) is 19.9 Å². The van der Waals surface area contributed by atoms with Gasteiger partial charge < -0.3 is 0 Å². The summed E-state index contributed by atoms with van der Waals surface area (Å²) < 4.78 is 1.85. The van der Waals surface area contributed by atoms with Crippen molar-refractivity contribution in [2.45, 2.75) is 26.2 Å². The Morgan fingerprint density at radius 1 is 1.50 bits per heavy atom. The fourth-order valence-electron chi connectivity index (χ4n) is 1.83. The number of carbonyl (C=O) groups excluding carboxylic acids is 1. The second-order valence-electron chi connectivity index (χ2n) is 3.17. The van der Waals surface area contributed by atoms with Crippen LogP contribution in [0.3, 0.4) is 0 Å². The minimum Gasteiger partial charge on any atom is -0.294 e. The molecule has 0 atom stereocenters. The fourth-order valence-corrected chi connectivity index (χ4v) is 1.83. The van der Waals surface area contributed by atoms with E-state index in [1.807, 2.05) is 18.7 Å². The van der Waals surface area contributed by atoms with E-state index < -0.39 is 0 Å². The minimum atomic E-state index is 0.273. The zero-order valence-corrected chi connectivity index (χ0v) is 7.42. The normalized spacial score (nSPS) is 15.3. The molecule has 1 heterocycles. The Bertz CT molecular complexity index is 339. The summed E-state index contributed by atoms with van der Waals surface area (Å²) in [6.45, 7) is 2.04. The van der Waals surface area contributed by atoms with E-state index in [0.717, 1.165) is 29.8 Å². The quantitative estimate of drug-likeness (QED) is 0.623. The lowest BCUT2D eigenvalue weighted by Gasteiger charge is -1.92. The summed E-state index contributed by atoms with van der Waals surface area (Å²) >= 11 is 0. The maximum Gasteiger partial charge on any atom is 0.166 e. The van der Waals surface area contributed by atoms with Crippen molar-refractivity contribution in [2.75, 3.05) is 0 Å². The summed E-state index contributed by atoms with van der Waals surface area (Å²) in [5.41, 5.74) is 2.99.